The molecule has 0 fully saturated rings. The lowest BCUT2D eigenvalue weighted by Crippen LogP contribution is -2.18. The van der Waals surface area contributed by atoms with Crippen LogP contribution < -0.4 is 14.7 Å². The maximum Gasteiger partial charge on any atom is 0.0964 e. The number of ether oxygens (including phenoxy) is 1. The average Bonchev–Trinajstić information content (AvgIpc) is 3.37. The molecule has 0 spiro atoms. The molecule has 0 bridgehead atoms. The van der Waals surface area contributed by atoms with Gasteiger partial charge in [-0.2, -0.15) is 0 Å². The van der Waals surface area contributed by atoms with E-state index in [0.717, 1.165) is 86.4 Å². The van der Waals surface area contributed by atoms with Crippen molar-refractivity contribution in [3.63, 3.8) is 0 Å². The van der Waals surface area contributed by atoms with E-state index >= 15 is 0 Å². The van der Waals surface area contributed by atoms with Crippen molar-refractivity contribution in [2.75, 3.05) is 21.3 Å². The first-order valence-electron chi connectivity index (χ1n) is 23.7. The first-order chi connectivity index (χ1) is 33.3. The molecule has 336 valence electrons. The molecule has 1 aliphatic carbocycles. The standard InChI is InChI=1S/C64H59N3O/c1-6-68-64-45-43-63(44-46-64)67(61-39-23-53(24-40-61)17-15-51-19-35-59(36-20-51)65(55-27-7-47(2)8-28-55)56-29-9-48(3)10-30-56)62-41-25-54(26-42-62)18-16-52-21-37-60(38-22-52)66(57-31-11-49(4)12-32-57)58-33-13-50(5)14-34-58/h7-43,45H,6,44,46H2,1-5H3/b17-15+,18-16+. The van der Waals surface area contributed by atoms with E-state index < -0.39 is 0 Å². The lowest BCUT2D eigenvalue weighted by atomic mass is 10.0. The highest BCUT2D eigenvalue weighted by Crippen LogP contribution is 2.38. The number of aryl methyl sites for hydroxylation is 4. The van der Waals surface area contributed by atoms with Crippen LogP contribution in [-0.2, 0) is 4.74 Å². The molecule has 0 amide bonds. The van der Waals surface area contributed by atoms with Crippen LogP contribution in [0.5, 0.6) is 0 Å². The van der Waals surface area contributed by atoms with Gasteiger partial charge in [-0.3, -0.25) is 0 Å². The van der Waals surface area contributed by atoms with E-state index in [2.05, 4.69) is 273 Å². The summed E-state index contributed by atoms with van der Waals surface area (Å²) in [7, 11) is 0. The van der Waals surface area contributed by atoms with Crippen LogP contribution in [0.1, 0.15) is 64.3 Å². The second-order valence-corrected chi connectivity index (χ2v) is 17.6. The van der Waals surface area contributed by atoms with Crippen molar-refractivity contribution in [1.82, 2.24) is 0 Å². The minimum atomic E-state index is 0.676. The van der Waals surface area contributed by atoms with Crippen LogP contribution in [0.2, 0.25) is 0 Å². The van der Waals surface area contributed by atoms with Crippen LogP contribution >= 0.6 is 0 Å². The van der Waals surface area contributed by atoms with Gasteiger partial charge < -0.3 is 19.4 Å². The van der Waals surface area contributed by atoms with Crippen LogP contribution in [0.4, 0.5) is 45.5 Å². The topological polar surface area (TPSA) is 19.0 Å². The molecule has 68 heavy (non-hydrogen) atoms. The van der Waals surface area contributed by atoms with Crippen molar-refractivity contribution in [3.05, 3.63) is 262 Å². The zero-order valence-electron chi connectivity index (χ0n) is 39.8. The third-order valence-corrected chi connectivity index (χ3v) is 12.4. The van der Waals surface area contributed by atoms with Crippen LogP contribution in [0.3, 0.4) is 0 Å². The van der Waals surface area contributed by atoms with Crippen LogP contribution in [0.15, 0.2) is 218 Å². The molecule has 4 heteroatoms. The minimum Gasteiger partial charge on any atom is -0.498 e. The predicted molar refractivity (Wildman–Crippen MR) is 291 cm³/mol. The van der Waals surface area contributed by atoms with Gasteiger partial charge in [0.1, 0.15) is 0 Å². The van der Waals surface area contributed by atoms with Gasteiger partial charge in [-0.15, -0.1) is 0 Å². The Morgan fingerprint density at radius 1 is 0.324 bits per heavy atom. The summed E-state index contributed by atoms with van der Waals surface area (Å²) in [5.41, 5.74) is 19.8. The molecule has 0 aromatic heterocycles. The molecule has 0 radical (unpaired) electrons. The Hall–Kier alpha value is -8.08. The minimum absolute atomic E-state index is 0.676. The number of allylic oxidation sites excluding steroid dienone is 4. The molecule has 4 nitrogen and oxygen atoms in total. The molecule has 0 atom stereocenters. The lowest BCUT2D eigenvalue weighted by Gasteiger charge is -2.30. The van der Waals surface area contributed by atoms with Gasteiger partial charge in [-0.1, -0.05) is 144 Å². The summed E-state index contributed by atoms with van der Waals surface area (Å²) >= 11 is 0. The molecule has 8 aromatic rings. The maximum atomic E-state index is 5.89. The smallest absolute Gasteiger partial charge is 0.0964 e. The fourth-order valence-electron chi connectivity index (χ4n) is 8.57. The predicted octanol–water partition coefficient (Wildman–Crippen LogP) is 17.9. The van der Waals surface area contributed by atoms with Crippen molar-refractivity contribution in [2.24, 2.45) is 0 Å². The highest BCUT2D eigenvalue weighted by Gasteiger charge is 2.19. The van der Waals surface area contributed by atoms with E-state index in [1.165, 1.54) is 28.0 Å². The molecule has 0 aliphatic heterocycles. The zero-order valence-corrected chi connectivity index (χ0v) is 39.8. The van der Waals surface area contributed by atoms with Crippen molar-refractivity contribution in [1.29, 1.82) is 0 Å². The Bertz CT molecular complexity index is 2750. The van der Waals surface area contributed by atoms with Gasteiger partial charge in [0, 0.05) is 57.6 Å². The molecule has 8 aromatic carbocycles. The Morgan fingerprint density at radius 2 is 0.574 bits per heavy atom. The van der Waals surface area contributed by atoms with E-state index in [0.29, 0.717) is 6.61 Å². The zero-order chi connectivity index (χ0) is 46.8. The summed E-state index contributed by atoms with van der Waals surface area (Å²) in [5.74, 6) is 1.04. The third-order valence-electron chi connectivity index (χ3n) is 12.4. The molecule has 0 saturated carbocycles. The summed E-state index contributed by atoms with van der Waals surface area (Å²) in [4.78, 5) is 6.99. The number of nitrogens with zero attached hydrogens (tertiary/aromatic N) is 3. The number of rotatable bonds is 15. The average molecular weight is 886 g/mol. The highest BCUT2D eigenvalue weighted by atomic mass is 16.5. The number of benzene rings is 8. The molecule has 0 N–H and O–H groups in total. The quantitative estimate of drug-likeness (QED) is 0.0955. The van der Waals surface area contributed by atoms with Gasteiger partial charge >= 0.3 is 0 Å². The summed E-state index contributed by atoms with van der Waals surface area (Å²) in [6.07, 6.45) is 14.9. The second kappa shape index (κ2) is 21.0. The SMILES string of the molecule is CCOC1=CC=C(N(c2ccc(/C=C/c3ccc(N(c4ccc(C)cc4)c4ccc(C)cc4)cc3)cc2)c2ccc(/C=C/c3ccc(N(c4ccc(C)cc4)c4ccc(C)cc4)cc3)cc2)CC1. The molecule has 0 saturated heterocycles. The van der Waals surface area contributed by atoms with Gasteiger partial charge in [-0.25, -0.2) is 0 Å². The Kier molecular flexibility index (Phi) is 14.0. The van der Waals surface area contributed by atoms with E-state index in [9.17, 15) is 0 Å². The van der Waals surface area contributed by atoms with Gasteiger partial charge in [0.2, 0.25) is 0 Å². The highest BCUT2D eigenvalue weighted by molar-refractivity contribution is 5.81. The first kappa shape index (κ1) is 45.1. The van der Waals surface area contributed by atoms with Crippen LogP contribution in [0.25, 0.3) is 24.3 Å². The number of hydrogen-bond acceptors (Lipinski definition) is 4. The largest absolute Gasteiger partial charge is 0.498 e. The molecular formula is C64H59N3O. The van der Waals surface area contributed by atoms with E-state index in [4.69, 9.17) is 4.74 Å². The molecule has 0 heterocycles. The summed E-state index contributed by atoms with van der Waals surface area (Å²) < 4.78 is 5.89. The monoisotopic (exact) mass is 885 g/mol. The summed E-state index contributed by atoms with van der Waals surface area (Å²) in [6.45, 7) is 11.2. The van der Waals surface area contributed by atoms with Crippen molar-refractivity contribution in [2.45, 2.75) is 47.5 Å². The number of anilines is 8. The Morgan fingerprint density at radius 3 is 0.809 bits per heavy atom. The van der Waals surface area contributed by atoms with Crippen molar-refractivity contribution >= 4 is 69.8 Å². The van der Waals surface area contributed by atoms with Gasteiger partial charge in [0.05, 0.1) is 12.4 Å². The van der Waals surface area contributed by atoms with Crippen molar-refractivity contribution in [3.8, 4) is 0 Å². The Labute approximate surface area is 403 Å². The summed E-state index contributed by atoms with van der Waals surface area (Å²) in [5, 5.41) is 0. The molecule has 1 aliphatic rings. The van der Waals surface area contributed by atoms with Crippen LogP contribution in [0, 0.1) is 27.7 Å². The van der Waals surface area contributed by atoms with Crippen LogP contribution in [-0.4, -0.2) is 6.61 Å². The number of hydrogen-bond donors (Lipinski definition) is 0. The van der Waals surface area contributed by atoms with E-state index in [1.807, 2.05) is 6.92 Å². The van der Waals surface area contributed by atoms with E-state index in [1.54, 1.807) is 0 Å². The lowest BCUT2D eigenvalue weighted by molar-refractivity contribution is 0.217. The van der Waals surface area contributed by atoms with Crippen molar-refractivity contribution < 1.29 is 4.74 Å². The van der Waals surface area contributed by atoms with Gasteiger partial charge in [-0.05, 0) is 173 Å². The first-order valence-corrected chi connectivity index (χ1v) is 23.7. The fraction of sp³-hybridized carbons (Fsp3) is 0.125. The molecular weight excluding hydrogens is 827 g/mol. The summed E-state index contributed by atoms with van der Waals surface area (Å²) in [6, 6.07) is 70.2. The molecule has 9 rings (SSSR count). The Balaban J connectivity index is 0.916. The van der Waals surface area contributed by atoms with Gasteiger partial charge in [0.15, 0.2) is 0 Å². The molecule has 0 unspecified atom stereocenters. The second-order valence-electron chi connectivity index (χ2n) is 17.6. The third kappa shape index (κ3) is 10.9. The van der Waals surface area contributed by atoms with Gasteiger partial charge in [0.25, 0.3) is 0 Å². The normalized spacial score (nSPS) is 12.5. The van der Waals surface area contributed by atoms with E-state index in [-0.39, 0.29) is 0 Å². The fourth-order valence-corrected chi connectivity index (χ4v) is 8.57. The maximum absolute atomic E-state index is 5.89.